The molecule has 0 aliphatic carbocycles. The summed E-state index contributed by atoms with van der Waals surface area (Å²) in [7, 11) is 0. The summed E-state index contributed by atoms with van der Waals surface area (Å²) in [4.78, 5) is 10.0. The van der Waals surface area contributed by atoms with Crippen molar-refractivity contribution in [2.45, 2.75) is 32.6 Å². The van der Waals surface area contributed by atoms with Gasteiger partial charge in [0.2, 0.25) is 0 Å². The highest BCUT2D eigenvalue weighted by atomic mass is 16.2. The fourth-order valence-electron chi connectivity index (χ4n) is 0.754. The molecule has 0 spiro atoms. The Morgan fingerprint density at radius 3 is 2.60 bits per heavy atom. The zero-order valence-corrected chi connectivity index (χ0v) is 6.44. The molecule has 0 saturated carbocycles. The van der Waals surface area contributed by atoms with Crippen molar-refractivity contribution in [3.05, 3.63) is 0 Å². The van der Waals surface area contributed by atoms with E-state index in [-0.39, 0.29) is 0 Å². The van der Waals surface area contributed by atoms with Gasteiger partial charge in [0.1, 0.15) is 0 Å². The van der Waals surface area contributed by atoms with E-state index in [0.29, 0.717) is 6.54 Å². The second-order valence-electron chi connectivity index (χ2n) is 2.32. The molecule has 2 amide bonds. The highest BCUT2D eigenvalue weighted by molar-refractivity contribution is 5.70. The third kappa shape index (κ3) is 7.27. The lowest BCUT2D eigenvalue weighted by molar-refractivity contribution is 0.247. The minimum atomic E-state index is -0.670. The Balaban J connectivity index is 2.84. The van der Waals surface area contributed by atoms with Crippen LogP contribution >= 0.6 is 0 Å². The summed E-state index contributed by atoms with van der Waals surface area (Å²) < 4.78 is 0. The Bertz CT molecular complexity index is 93.6. The minimum Gasteiger partial charge on any atom is -0.337 e. The van der Waals surface area contributed by atoms with E-state index >= 15 is 0 Å². The number of nitrogens with one attached hydrogen (secondary N) is 2. The third-order valence-electron chi connectivity index (χ3n) is 1.32. The molecule has 3 nitrogen and oxygen atoms in total. The Hall–Kier alpha value is -0.730. The molecular formula is C7H15N2O. The summed E-state index contributed by atoms with van der Waals surface area (Å²) in [6.45, 7) is 2.80. The van der Waals surface area contributed by atoms with Gasteiger partial charge in [-0.3, -0.25) is 0 Å². The van der Waals surface area contributed by atoms with Gasteiger partial charge in [-0.25, -0.2) is 10.5 Å². The van der Waals surface area contributed by atoms with E-state index in [4.69, 9.17) is 5.73 Å². The molecule has 59 valence electrons. The van der Waals surface area contributed by atoms with Gasteiger partial charge in [0.15, 0.2) is 0 Å². The second kappa shape index (κ2) is 6.39. The van der Waals surface area contributed by atoms with Crippen molar-refractivity contribution >= 4 is 6.03 Å². The molecule has 0 heterocycles. The van der Waals surface area contributed by atoms with Crippen LogP contribution in [0.3, 0.4) is 0 Å². The second-order valence-corrected chi connectivity index (χ2v) is 2.32. The SMILES string of the molecule is CCCCCCNC([NH])=O. The van der Waals surface area contributed by atoms with E-state index in [0.717, 1.165) is 12.8 Å². The molecule has 0 saturated heterocycles. The smallest absolute Gasteiger partial charge is 0.333 e. The van der Waals surface area contributed by atoms with Gasteiger partial charge in [-0.2, -0.15) is 0 Å². The first-order valence-corrected chi connectivity index (χ1v) is 3.76. The molecule has 0 aliphatic heterocycles. The molecular weight excluding hydrogens is 128 g/mol. The molecule has 3 heteroatoms. The van der Waals surface area contributed by atoms with Gasteiger partial charge in [0, 0.05) is 6.54 Å². The predicted octanol–water partition coefficient (Wildman–Crippen LogP) is 1.56. The average molecular weight is 143 g/mol. The summed E-state index contributed by atoms with van der Waals surface area (Å²) in [6, 6.07) is -0.670. The first kappa shape index (κ1) is 9.27. The van der Waals surface area contributed by atoms with Crippen LogP contribution in [-0.4, -0.2) is 12.6 Å². The van der Waals surface area contributed by atoms with Crippen LogP contribution in [0.5, 0.6) is 0 Å². The number of carbonyl (C=O) groups excluding carboxylic acids is 1. The minimum absolute atomic E-state index is 0.655. The summed E-state index contributed by atoms with van der Waals surface area (Å²) >= 11 is 0. The van der Waals surface area contributed by atoms with E-state index < -0.39 is 6.03 Å². The van der Waals surface area contributed by atoms with Crippen LogP contribution in [0.2, 0.25) is 0 Å². The molecule has 0 rings (SSSR count). The maximum absolute atomic E-state index is 10.0. The molecule has 0 bridgehead atoms. The van der Waals surface area contributed by atoms with Crippen molar-refractivity contribution < 1.29 is 4.79 Å². The fourth-order valence-corrected chi connectivity index (χ4v) is 0.754. The van der Waals surface area contributed by atoms with Crippen LogP contribution in [0.4, 0.5) is 4.79 Å². The van der Waals surface area contributed by atoms with Crippen LogP contribution in [0.15, 0.2) is 0 Å². The number of unbranched alkanes of at least 4 members (excludes halogenated alkanes) is 3. The van der Waals surface area contributed by atoms with Gasteiger partial charge in [-0.05, 0) is 6.42 Å². The number of carbonyl (C=O) groups is 1. The summed E-state index contributed by atoms with van der Waals surface area (Å²) in [5, 5.41) is 2.43. The van der Waals surface area contributed by atoms with Crippen LogP contribution in [0, 0.1) is 0 Å². The molecule has 0 atom stereocenters. The van der Waals surface area contributed by atoms with E-state index in [1.807, 2.05) is 0 Å². The molecule has 1 radical (unpaired) electrons. The lowest BCUT2D eigenvalue weighted by atomic mass is 10.2. The molecule has 10 heavy (non-hydrogen) atoms. The van der Waals surface area contributed by atoms with E-state index in [1.54, 1.807) is 0 Å². The normalized spacial score (nSPS) is 9.30. The Kier molecular flexibility index (Phi) is 5.92. The molecule has 0 aromatic carbocycles. The van der Waals surface area contributed by atoms with Gasteiger partial charge in [0.25, 0.3) is 0 Å². The van der Waals surface area contributed by atoms with Crippen molar-refractivity contribution in [2.24, 2.45) is 0 Å². The van der Waals surface area contributed by atoms with Crippen molar-refractivity contribution in [1.29, 1.82) is 0 Å². The van der Waals surface area contributed by atoms with E-state index in [1.165, 1.54) is 12.8 Å². The van der Waals surface area contributed by atoms with Crippen molar-refractivity contribution in [3.63, 3.8) is 0 Å². The lowest BCUT2D eigenvalue weighted by Gasteiger charge is -1.98. The van der Waals surface area contributed by atoms with E-state index in [9.17, 15) is 4.79 Å². The predicted molar refractivity (Wildman–Crippen MR) is 40.6 cm³/mol. The molecule has 0 fully saturated rings. The van der Waals surface area contributed by atoms with Crippen LogP contribution in [0.1, 0.15) is 32.6 Å². The molecule has 0 aromatic heterocycles. The van der Waals surface area contributed by atoms with Gasteiger partial charge >= 0.3 is 6.03 Å². The highest BCUT2D eigenvalue weighted by Gasteiger charge is 1.90. The quantitative estimate of drug-likeness (QED) is 0.583. The van der Waals surface area contributed by atoms with Crippen molar-refractivity contribution in [3.8, 4) is 0 Å². The van der Waals surface area contributed by atoms with Gasteiger partial charge < -0.3 is 5.32 Å². The first-order chi connectivity index (χ1) is 4.77. The van der Waals surface area contributed by atoms with Gasteiger partial charge in [-0.15, -0.1) is 0 Å². The highest BCUT2D eigenvalue weighted by Crippen LogP contribution is 1.96. The molecule has 0 aromatic rings. The molecule has 0 unspecified atom stereocenters. The zero-order valence-electron chi connectivity index (χ0n) is 6.44. The zero-order chi connectivity index (χ0) is 7.82. The number of rotatable bonds is 5. The topological polar surface area (TPSA) is 52.9 Å². The summed E-state index contributed by atoms with van der Waals surface area (Å²) in [5.41, 5.74) is 6.51. The lowest BCUT2D eigenvalue weighted by Crippen LogP contribution is -2.23. The largest absolute Gasteiger partial charge is 0.337 e. The third-order valence-corrected chi connectivity index (χ3v) is 1.32. The standard InChI is InChI=1S/C7H15N2O/c1-2-3-4-5-6-9-7(8)10/h8H,2-6H2,1H3,(H,9,10). The average Bonchev–Trinajstić information content (AvgIpc) is 1.87. The summed E-state index contributed by atoms with van der Waals surface area (Å²) in [5.74, 6) is 0. The number of amides is 2. The maximum atomic E-state index is 10.0. The van der Waals surface area contributed by atoms with E-state index in [2.05, 4.69) is 12.2 Å². The molecule has 2 N–H and O–H groups in total. The Labute approximate surface area is 62.0 Å². The van der Waals surface area contributed by atoms with Gasteiger partial charge in [0.05, 0.1) is 0 Å². The number of urea groups is 1. The monoisotopic (exact) mass is 143 g/mol. The number of hydrogen-bond acceptors (Lipinski definition) is 1. The van der Waals surface area contributed by atoms with Crippen molar-refractivity contribution in [1.82, 2.24) is 11.1 Å². The van der Waals surface area contributed by atoms with Crippen LogP contribution < -0.4 is 11.1 Å². The number of hydrogen-bond donors (Lipinski definition) is 1. The Morgan fingerprint density at radius 2 is 2.10 bits per heavy atom. The van der Waals surface area contributed by atoms with Crippen LogP contribution in [-0.2, 0) is 0 Å². The maximum Gasteiger partial charge on any atom is 0.333 e. The first-order valence-electron chi connectivity index (χ1n) is 3.76. The Morgan fingerprint density at radius 1 is 1.40 bits per heavy atom. The van der Waals surface area contributed by atoms with Crippen LogP contribution in [0.25, 0.3) is 0 Å². The molecule has 0 aliphatic rings. The van der Waals surface area contributed by atoms with Gasteiger partial charge in [-0.1, -0.05) is 26.2 Å². The fraction of sp³-hybridized carbons (Fsp3) is 0.857. The summed E-state index contributed by atoms with van der Waals surface area (Å²) in [6.07, 6.45) is 4.57. The van der Waals surface area contributed by atoms with Crippen molar-refractivity contribution in [2.75, 3.05) is 6.54 Å².